The van der Waals surface area contributed by atoms with E-state index in [1.807, 2.05) is 17.9 Å². The van der Waals surface area contributed by atoms with Gasteiger partial charge in [-0.15, -0.1) is 0 Å². The number of nitrogens with zero attached hydrogens (tertiary/aromatic N) is 1. The number of likely N-dealkylation sites (tertiary alicyclic amines) is 1. The molecule has 1 aromatic carbocycles. The maximum absolute atomic E-state index is 11.7. The smallest absolute Gasteiger partial charge is 0.409 e. The van der Waals surface area contributed by atoms with Crippen LogP contribution in [0.15, 0.2) is 18.2 Å². The lowest BCUT2D eigenvalue weighted by Crippen LogP contribution is -2.36. The minimum Gasteiger partial charge on any atom is -0.496 e. The zero-order valence-corrected chi connectivity index (χ0v) is 11.8. The van der Waals surface area contributed by atoms with Gasteiger partial charge < -0.3 is 14.4 Å². The summed E-state index contributed by atoms with van der Waals surface area (Å²) in [4.78, 5) is 13.5. The standard InChI is InChI=1S/C15H21NO3/c1-11-9-12(6-7-14(11)18-2)10-13-5-4-8-16(13)15(17)19-3/h6-7,9,13H,4-5,8,10H2,1-3H3. The number of ether oxygens (including phenoxy) is 2. The third kappa shape index (κ3) is 3.00. The Hall–Kier alpha value is -1.71. The molecule has 0 aliphatic carbocycles. The Labute approximate surface area is 114 Å². The first-order valence-corrected chi connectivity index (χ1v) is 6.63. The van der Waals surface area contributed by atoms with Gasteiger partial charge in [0.1, 0.15) is 5.75 Å². The van der Waals surface area contributed by atoms with Crippen molar-refractivity contribution in [3.63, 3.8) is 0 Å². The maximum Gasteiger partial charge on any atom is 0.409 e. The first-order chi connectivity index (χ1) is 9.15. The van der Waals surface area contributed by atoms with Crippen LogP contribution in [-0.2, 0) is 11.2 Å². The molecule has 1 aliphatic heterocycles. The van der Waals surface area contributed by atoms with Crippen molar-refractivity contribution in [2.24, 2.45) is 0 Å². The van der Waals surface area contributed by atoms with Crippen LogP contribution in [0.4, 0.5) is 4.79 Å². The van der Waals surface area contributed by atoms with Gasteiger partial charge >= 0.3 is 6.09 Å². The van der Waals surface area contributed by atoms with Crippen molar-refractivity contribution in [2.75, 3.05) is 20.8 Å². The molecule has 2 rings (SSSR count). The molecule has 4 heteroatoms. The number of hydrogen-bond acceptors (Lipinski definition) is 3. The molecule has 1 saturated heterocycles. The molecule has 1 atom stereocenters. The van der Waals surface area contributed by atoms with Crippen LogP contribution in [0.1, 0.15) is 24.0 Å². The Morgan fingerprint density at radius 2 is 2.21 bits per heavy atom. The zero-order chi connectivity index (χ0) is 13.8. The van der Waals surface area contributed by atoms with E-state index in [2.05, 4.69) is 12.1 Å². The predicted molar refractivity (Wildman–Crippen MR) is 73.6 cm³/mol. The van der Waals surface area contributed by atoms with Crippen LogP contribution in [0.2, 0.25) is 0 Å². The summed E-state index contributed by atoms with van der Waals surface area (Å²) in [7, 11) is 3.12. The Bertz CT molecular complexity index is 459. The molecular formula is C15H21NO3. The monoisotopic (exact) mass is 263 g/mol. The van der Waals surface area contributed by atoms with Crippen LogP contribution >= 0.6 is 0 Å². The maximum atomic E-state index is 11.7. The molecule has 1 aliphatic rings. The van der Waals surface area contributed by atoms with Crippen LogP contribution < -0.4 is 4.74 Å². The van der Waals surface area contributed by atoms with Crippen LogP contribution in [0.25, 0.3) is 0 Å². The van der Waals surface area contributed by atoms with Crippen LogP contribution in [0.3, 0.4) is 0 Å². The average molecular weight is 263 g/mol. The molecule has 1 aromatic rings. The molecule has 104 valence electrons. The van der Waals surface area contributed by atoms with E-state index in [0.717, 1.165) is 37.1 Å². The quantitative estimate of drug-likeness (QED) is 0.841. The third-order valence-corrected chi connectivity index (χ3v) is 3.72. The molecule has 1 unspecified atom stereocenters. The molecule has 0 aromatic heterocycles. The van der Waals surface area contributed by atoms with E-state index >= 15 is 0 Å². The van der Waals surface area contributed by atoms with Gasteiger partial charge in [0.2, 0.25) is 0 Å². The van der Waals surface area contributed by atoms with Gasteiger partial charge in [0.25, 0.3) is 0 Å². The molecule has 4 nitrogen and oxygen atoms in total. The number of rotatable bonds is 3. The highest BCUT2D eigenvalue weighted by Gasteiger charge is 2.29. The summed E-state index contributed by atoms with van der Waals surface area (Å²) in [6, 6.07) is 6.44. The molecule has 1 fully saturated rings. The SMILES string of the molecule is COC(=O)N1CCCC1Cc1ccc(OC)c(C)c1. The highest BCUT2D eigenvalue weighted by atomic mass is 16.5. The summed E-state index contributed by atoms with van der Waals surface area (Å²) in [5.74, 6) is 0.903. The van der Waals surface area contributed by atoms with Gasteiger partial charge in [0.15, 0.2) is 0 Å². The van der Waals surface area contributed by atoms with E-state index in [1.165, 1.54) is 12.7 Å². The van der Waals surface area contributed by atoms with Crippen molar-refractivity contribution in [1.29, 1.82) is 0 Å². The summed E-state index contributed by atoms with van der Waals surface area (Å²) in [5, 5.41) is 0. The molecule has 0 bridgehead atoms. The minimum absolute atomic E-state index is 0.215. The lowest BCUT2D eigenvalue weighted by molar-refractivity contribution is 0.119. The molecule has 0 radical (unpaired) electrons. The van der Waals surface area contributed by atoms with E-state index in [1.54, 1.807) is 7.11 Å². The highest BCUT2D eigenvalue weighted by Crippen LogP contribution is 2.24. The number of methoxy groups -OCH3 is 2. The van der Waals surface area contributed by atoms with Crippen molar-refractivity contribution < 1.29 is 14.3 Å². The third-order valence-electron chi connectivity index (χ3n) is 3.72. The second-order valence-electron chi connectivity index (χ2n) is 4.97. The van der Waals surface area contributed by atoms with Gasteiger partial charge in [-0.05, 0) is 43.4 Å². The summed E-state index contributed by atoms with van der Waals surface area (Å²) >= 11 is 0. The number of carbonyl (C=O) groups excluding carboxylic acids is 1. The van der Waals surface area contributed by atoms with Gasteiger partial charge in [-0.1, -0.05) is 12.1 Å². The topological polar surface area (TPSA) is 38.8 Å². The van der Waals surface area contributed by atoms with Crippen molar-refractivity contribution >= 4 is 6.09 Å². The summed E-state index contributed by atoms with van der Waals surface area (Å²) in [6.45, 7) is 2.83. The lowest BCUT2D eigenvalue weighted by Gasteiger charge is -2.23. The summed E-state index contributed by atoms with van der Waals surface area (Å²) < 4.78 is 10.1. The van der Waals surface area contributed by atoms with Crippen molar-refractivity contribution in [3.05, 3.63) is 29.3 Å². The molecule has 1 heterocycles. The van der Waals surface area contributed by atoms with Gasteiger partial charge in [0.05, 0.1) is 14.2 Å². The van der Waals surface area contributed by atoms with Gasteiger partial charge in [-0.25, -0.2) is 4.79 Å². The molecule has 0 saturated carbocycles. The molecule has 19 heavy (non-hydrogen) atoms. The molecule has 1 amide bonds. The van der Waals surface area contributed by atoms with Crippen LogP contribution in [0, 0.1) is 6.92 Å². The second kappa shape index (κ2) is 5.95. The second-order valence-corrected chi connectivity index (χ2v) is 4.97. The number of aryl methyl sites for hydroxylation is 1. The Kier molecular flexibility index (Phi) is 4.30. The van der Waals surface area contributed by atoms with Crippen molar-refractivity contribution in [2.45, 2.75) is 32.2 Å². The van der Waals surface area contributed by atoms with Gasteiger partial charge in [-0.2, -0.15) is 0 Å². The molecule has 0 spiro atoms. The molecular weight excluding hydrogens is 242 g/mol. The highest BCUT2D eigenvalue weighted by molar-refractivity contribution is 5.68. The van der Waals surface area contributed by atoms with Crippen molar-refractivity contribution in [1.82, 2.24) is 4.90 Å². The van der Waals surface area contributed by atoms with E-state index in [-0.39, 0.29) is 12.1 Å². The number of carbonyl (C=O) groups is 1. The van der Waals surface area contributed by atoms with E-state index in [0.29, 0.717) is 0 Å². The number of benzene rings is 1. The van der Waals surface area contributed by atoms with Gasteiger partial charge in [0, 0.05) is 12.6 Å². The number of amides is 1. The van der Waals surface area contributed by atoms with E-state index in [4.69, 9.17) is 9.47 Å². The van der Waals surface area contributed by atoms with E-state index < -0.39 is 0 Å². The van der Waals surface area contributed by atoms with Crippen molar-refractivity contribution in [3.8, 4) is 5.75 Å². The fourth-order valence-corrected chi connectivity index (χ4v) is 2.75. The summed E-state index contributed by atoms with van der Waals surface area (Å²) in [6.07, 6.45) is 2.75. The minimum atomic E-state index is -0.215. The first kappa shape index (κ1) is 13.7. The summed E-state index contributed by atoms with van der Waals surface area (Å²) in [5.41, 5.74) is 2.36. The fraction of sp³-hybridized carbons (Fsp3) is 0.533. The van der Waals surface area contributed by atoms with Gasteiger partial charge in [-0.3, -0.25) is 0 Å². The first-order valence-electron chi connectivity index (χ1n) is 6.63. The normalized spacial score (nSPS) is 18.5. The van der Waals surface area contributed by atoms with Crippen LogP contribution in [-0.4, -0.2) is 37.8 Å². The lowest BCUT2D eigenvalue weighted by atomic mass is 10.0. The molecule has 0 N–H and O–H groups in total. The van der Waals surface area contributed by atoms with Crippen LogP contribution in [0.5, 0.6) is 5.75 Å². The Morgan fingerprint density at radius 1 is 1.42 bits per heavy atom. The Balaban J connectivity index is 2.08. The average Bonchev–Trinajstić information content (AvgIpc) is 2.86. The largest absolute Gasteiger partial charge is 0.496 e. The fourth-order valence-electron chi connectivity index (χ4n) is 2.75. The zero-order valence-electron chi connectivity index (χ0n) is 11.8. The number of hydrogen-bond donors (Lipinski definition) is 0. The Morgan fingerprint density at radius 3 is 2.84 bits per heavy atom. The predicted octanol–water partition coefficient (Wildman–Crippen LogP) is 2.78. The van der Waals surface area contributed by atoms with E-state index in [9.17, 15) is 4.79 Å².